The molecule has 0 saturated heterocycles. The Balaban J connectivity index is 2.25. The standard InChI is InChI=1S/C11H7ClFN3O3/c12-6-4-2-1-3-5(6)10(17)14-9-7(13)8(11(18)19)15-16-9/h1-4H,(H,18,19)(H2,14,15,16,17). The van der Waals surface area contributed by atoms with Crippen molar-refractivity contribution in [2.75, 3.05) is 5.32 Å². The van der Waals surface area contributed by atoms with E-state index in [0.717, 1.165) is 0 Å². The summed E-state index contributed by atoms with van der Waals surface area (Å²) in [4.78, 5) is 22.4. The van der Waals surface area contributed by atoms with Crippen molar-refractivity contribution in [2.45, 2.75) is 0 Å². The van der Waals surface area contributed by atoms with E-state index in [-0.39, 0.29) is 10.6 Å². The Morgan fingerprint density at radius 1 is 1.37 bits per heavy atom. The Hall–Kier alpha value is -2.41. The highest BCUT2D eigenvalue weighted by Gasteiger charge is 2.21. The molecule has 0 radical (unpaired) electrons. The summed E-state index contributed by atoms with van der Waals surface area (Å²) in [5.41, 5.74) is -0.662. The largest absolute Gasteiger partial charge is 0.476 e. The summed E-state index contributed by atoms with van der Waals surface area (Å²) in [6.07, 6.45) is 0. The molecule has 2 aromatic rings. The average molecular weight is 284 g/mol. The number of hydrogen-bond donors (Lipinski definition) is 3. The molecule has 0 saturated carbocycles. The minimum atomic E-state index is -1.54. The molecule has 1 aromatic carbocycles. The Bertz CT molecular complexity index is 656. The van der Waals surface area contributed by atoms with E-state index < -0.39 is 29.2 Å². The number of benzene rings is 1. The van der Waals surface area contributed by atoms with Gasteiger partial charge in [0.15, 0.2) is 11.6 Å². The number of aromatic amines is 1. The van der Waals surface area contributed by atoms with Crippen molar-refractivity contribution >= 4 is 29.3 Å². The second-order valence-corrected chi connectivity index (χ2v) is 3.91. The highest BCUT2D eigenvalue weighted by Crippen LogP contribution is 2.19. The number of rotatable bonds is 3. The first-order valence-corrected chi connectivity index (χ1v) is 5.41. The number of carbonyl (C=O) groups is 2. The van der Waals surface area contributed by atoms with Crippen molar-refractivity contribution in [1.82, 2.24) is 10.2 Å². The lowest BCUT2D eigenvalue weighted by Gasteiger charge is -2.04. The predicted molar refractivity (Wildman–Crippen MR) is 64.9 cm³/mol. The summed E-state index contributed by atoms with van der Waals surface area (Å²) >= 11 is 5.81. The molecule has 1 aromatic heterocycles. The molecule has 0 unspecified atom stereocenters. The second kappa shape index (κ2) is 5.07. The molecule has 8 heteroatoms. The van der Waals surface area contributed by atoms with Gasteiger partial charge in [0.05, 0.1) is 10.6 Å². The summed E-state index contributed by atoms with van der Waals surface area (Å²) in [6, 6.07) is 6.18. The maximum absolute atomic E-state index is 13.5. The van der Waals surface area contributed by atoms with Crippen LogP contribution >= 0.6 is 11.6 Å². The summed E-state index contributed by atoms with van der Waals surface area (Å²) in [5, 5.41) is 16.3. The van der Waals surface area contributed by atoms with E-state index in [4.69, 9.17) is 16.7 Å². The summed E-state index contributed by atoms with van der Waals surface area (Å²) < 4.78 is 13.5. The van der Waals surface area contributed by atoms with Crippen molar-refractivity contribution in [2.24, 2.45) is 0 Å². The van der Waals surface area contributed by atoms with Gasteiger partial charge in [-0.05, 0) is 12.1 Å². The van der Waals surface area contributed by atoms with E-state index in [0.29, 0.717) is 0 Å². The van der Waals surface area contributed by atoms with Crippen molar-refractivity contribution < 1.29 is 19.1 Å². The van der Waals surface area contributed by atoms with Crippen LogP contribution in [0, 0.1) is 5.82 Å². The quantitative estimate of drug-likeness (QED) is 0.804. The van der Waals surface area contributed by atoms with Crippen LogP contribution in [-0.2, 0) is 0 Å². The van der Waals surface area contributed by atoms with Crippen LogP contribution in [-0.4, -0.2) is 27.2 Å². The number of nitrogens with zero attached hydrogens (tertiary/aromatic N) is 1. The van der Waals surface area contributed by atoms with Crippen LogP contribution in [0.15, 0.2) is 24.3 Å². The topological polar surface area (TPSA) is 95.1 Å². The highest BCUT2D eigenvalue weighted by atomic mass is 35.5. The number of nitrogens with one attached hydrogen (secondary N) is 2. The molecular weight excluding hydrogens is 277 g/mol. The Kier molecular flexibility index (Phi) is 3.48. The number of anilines is 1. The number of hydrogen-bond acceptors (Lipinski definition) is 3. The van der Waals surface area contributed by atoms with Gasteiger partial charge in [-0.1, -0.05) is 23.7 Å². The zero-order valence-corrected chi connectivity index (χ0v) is 10.0. The molecule has 0 atom stereocenters. The molecule has 6 nitrogen and oxygen atoms in total. The van der Waals surface area contributed by atoms with E-state index in [1.54, 1.807) is 12.1 Å². The molecule has 0 fully saturated rings. The molecule has 3 N–H and O–H groups in total. The monoisotopic (exact) mass is 283 g/mol. The minimum absolute atomic E-state index is 0.134. The molecule has 0 aliphatic rings. The van der Waals surface area contributed by atoms with Crippen LogP contribution in [0.1, 0.15) is 20.8 Å². The van der Waals surface area contributed by atoms with Crippen molar-refractivity contribution in [3.05, 3.63) is 46.4 Å². The maximum atomic E-state index is 13.5. The number of aromatic carboxylic acids is 1. The average Bonchev–Trinajstić information content (AvgIpc) is 2.71. The van der Waals surface area contributed by atoms with E-state index in [1.165, 1.54) is 12.1 Å². The van der Waals surface area contributed by atoms with Crippen LogP contribution in [0.2, 0.25) is 5.02 Å². The van der Waals surface area contributed by atoms with Crippen molar-refractivity contribution in [1.29, 1.82) is 0 Å². The van der Waals surface area contributed by atoms with E-state index in [1.807, 2.05) is 0 Å². The number of halogens is 2. The van der Waals surface area contributed by atoms with Gasteiger partial charge in [-0.3, -0.25) is 9.89 Å². The Morgan fingerprint density at radius 2 is 2.05 bits per heavy atom. The molecule has 1 heterocycles. The van der Waals surface area contributed by atoms with Gasteiger partial charge in [0.2, 0.25) is 5.69 Å². The number of H-pyrrole nitrogens is 1. The van der Waals surface area contributed by atoms with Gasteiger partial charge in [0.25, 0.3) is 5.91 Å². The molecule has 0 bridgehead atoms. The van der Waals surface area contributed by atoms with Crippen LogP contribution in [0.5, 0.6) is 0 Å². The molecular formula is C11H7ClFN3O3. The van der Waals surface area contributed by atoms with Crippen LogP contribution in [0.25, 0.3) is 0 Å². The first-order chi connectivity index (χ1) is 9.00. The Labute approximate surface area is 111 Å². The molecule has 0 spiro atoms. The molecule has 0 aliphatic heterocycles. The number of carboxylic acids is 1. The zero-order valence-electron chi connectivity index (χ0n) is 9.28. The fourth-order valence-electron chi connectivity index (χ4n) is 1.38. The van der Waals surface area contributed by atoms with Crippen molar-refractivity contribution in [3.63, 3.8) is 0 Å². The molecule has 2 rings (SSSR count). The van der Waals surface area contributed by atoms with Gasteiger partial charge in [-0.15, -0.1) is 0 Å². The van der Waals surface area contributed by atoms with E-state index >= 15 is 0 Å². The summed E-state index contributed by atoms with van der Waals surface area (Å²) in [5.74, 6) is -3.78. The second-order valence-electron chi connectivity index (χ2n) is 3.50. The lowest BCUT2D eigenvalue weighted by atomic mass is 10.2. The van der Waals surface area contributed by atoms with Gasteiger partial charge < -0.3 is 10.4 Å². The third-order valence-corrected chi connectivity index (χ3v) is 2.60. The van der Waals surface area contributed by atoms with Gasteiger partial charge in [0.1, 0.15) is 0 Å². The minimum Gasteiger partial charge on any atom is -0.476 e. The fourth-order valence-corrected chi connectivity index (χ4v) is 1.60. The van der Waals surface area contributed by atoms with E-state index in [9.17, 15) is 14.0 Å². The third-order valence-electron chi connectivity index (χ3n) is 2.27. The smallest absolute Gasteiger partial charge is 0.359 e. The van der Waals surface area contributed by atoms with Crippen LogP contribution in [0.4, 0.5) is 10.2 Å². The molecule has 1 amide bonds. The zero-order chi connectivity index (χ0) is 14.0. The van der Waals surface area contributed by atoms with Crippen molar-refractivity contribution in [3.8, 4) is 0 Å². The van der Waals surface area contributed by atoms with Crippen LogP contribution < -0.4 is 5.32 Å². The lowest BCUT2D eigenvalue weighted by molar-refractivity contribution is 0.0685. The summed E-state index contributed by atoms with van der Waals surface area (Å²) in [6.45, 7) is 0. The third kappa shape index (κ3) is 2.55. The predicted octanol–water partition coefficient (Wildman–Crippen LogP) is 2.15. The maximum Gasteiger partial charge on any atom is 0.359 e. The van der Waals surface area contributed by atoms with Crippen LogP contribution in [0.3, 0.4) is 0 Å². The van der Waals surface area contributed by atoms with Gasteiger partial charge >= 0.3 is 5.97 Å². The SMILES string of the molecule is O=C(Nc1[nH]nc(C(=O)O)c1F)c1ccccc1Cl. The Morgan fingerprint density at radius 3 is 2.63 bits per heavy atom. The number of carbonyl (C=O) groups excluding carboxylic acids is 1. The number of aromatic nitrogens is 2. The highest BCUT2D eigenvalue weighted by molar-refractivity contribution is 6.34. The van der Waals surface area contributed by atoms with Gasteiger partial charge in [-0.2, -0.15) is 5.10 Å². The fraction of sp³-hybridized carbons (Fsp3) is 0. The van der Waals surface area contributed by atoms with Gasteiger partial charge in [0, 0.05) is 0 Å². The number of amides is 1. The first-order valence-electron chi connectivity index (χ1n) is 5.03. The molecule has 98 valence electrons. The first kappa shape index (κ1) is 13.0. The lowest BCUT2D eigenvalue weighted by Crippen LogP contribution is -2.13. The summed E-state index contributed by atoms with van der Waals surface area (Å²) in [7, 11) is 0. The normalized spacial score (nSPS) is 10.2. The number of carboxylic acid groups (broad SMARTS) is 1. The molecule has 0 aliphatic carbocycles. The molecule has 19 heavy (non-hydrogen) atoms. The van der Waals surface area contributed by atoms with Gasteiger partial charge in [-0.25, -0.2) is 9.18 Å². The van der Waals surface area contributed by atoms with E-state index in [2.05, 4.69) is 15.5 Å².